The van der Waals surface area contributed by atoms with Gasteiger partial charge in [-0.15, -0.1) is 0 Å². The van der Waals surface area contributed by atoms with Crippen LogP contribution in [0.1, 0.15) is 26.3 Å². The zero-order valence-corrected chi connectivity index (χ0v) is 29.3. The molecule has 1 aromatic heterocycles. The number of carbonyl (C=O) groups is 1. The van der Waals surface area contributed by atoms with Crippen molar-refractivity contribution in [2.75, 3.05) is 26.9 Å². The second-order valence-corrected chi connectivity index (χ2v) is 13.0. The number of hydrogen-bond acceptors (Lipinski definition) is 17. The van der Waals surface area contributed by atoms with E-state index in [0.717, 1.165) is 11.6 Å². The van der Waals surface area contributed by atoms with E-state index in [1.807, 2.05) is 13.8 Å². The number of fused-ring (bicyclic) bond motifs is 1. The van der Waals surface area contributed by atoms with E-state index in [1.54, 1.807) is 30.3 Å². The number of aliphatic hydroxyl groups excluding tert-OH is 6. The summed E-state index contributed by atoms with van der Waals surface area (Å²) < 4.78 is 39.0. The lowest BCUT2D eigenvalue weighted by Gasteiger charge is -2.45. The van der Waals surface area contributed by atoms with Gasteiger partial charge in [-0.3, -0.25) is 9.59 Å². The number of Topliss-reactive ketones (excluding diaryl/α,β-unsaturated/α-hetero) is 1. The van der Waals surface area contributed by atoms with Gasteiger partial charge in [0, 0.05) is 17.2 Å². The molecule has 2 saturated heterocycles. The fourth-order valence-corrected chi connectivity index (χ4v) is 6.04. The largest absolute Gasteiger partial charge is 0.507 e. The van der Waals surface area contributed by atoms with Gasteiger partial charge in [-0.2, -0.15) is 0 Å². The quantitative estimate of drug-likeness (QED) is 0.107. The molecule has 0 radical (unpaired) electrons. The lowest BCUT2D eigenvalue weighted by molar-refractivity contribution is -0.361. The second-order valence-electron chi connectivity index (χ2n) is 13.0. The smallest absolute Gasteiger partial charge is 0.239 e. The van der Waals surface area contributed by atoms with Crippen LogP contribution in [0.5, 0.6) is 23.0 Å². The minimum absolute atomic E-state index is 0.0826. The Labute approximate surface area is 302 Å². The molecule has 2 aromatic carbocycles. The molecule has 290 valence electrons. The van der Waals surface area contributed by atoms with Gasteiger partial charge in [0.25, 0.3) is 0 Å². The minimum Gasteiger partial charge on any atom is -0.507 e. The van der Waals surface area contributed by atoms with E-state index < -0.39 is 104 Å². The third kappa shape index (κ3) is 8.49. The molecule has 2 fully saturated rings. The molecule has 2 aliphatic rings. The van der Waals surface area contributed by atoms with Gasteiger partial charge in [-0.05, 0) is 51.5 Å². The number of hydrogen-bond donors (Lipinski definition) is 8. The van der Waals surface area contributed by atoms with Crippen molar-refractivity contribution >= 4 is 16.8 Å². The maximum atomic E-state index is 13.9. The van der Waals surface area contributed by atoms with Gasteiger partial charge in [-0.25, -0.2) is 0 Å². The third-order valence-electron chi connectivity index (χ3n) is 8.98. The van der Waals surface area contributed by atoms with Crippen molar-refractivity contribution in [3.63, 3.8) is 0 Å². The molecule has 10 atom stereocenters. The van der Waals surface area contributed by atoms with Gasteiger partial charge < -0.3 is 73.7 Å². The number of carbonyl (C=O) groups excluding carboxylic acids is 1. The number of ketones is 1. The zero-order valence-electron chi connectivity index (χ0n) is 29.3. The van der Waals surface area contributed by atoms with Gasteiger partial charge in [0.1, 0.15) is 84.2 Å². The molecule has 0 spiro atoms. The number of rotatable bonds is 13. The van der Waals surface area contributed by atoms with Crippen LogP contribution in [0.3, 0.4) is 0 Å². The molecule has 3 aromatic rings. The first-order valence-corrected chi connectivity index (χ1v) is 16.7. The van der Waals surface area contributed by atoms with Crippen molar-refractivity contribution in [2.24, 2.45) is 0 Å². The Morgan fingerprint density at radius 3 is 2.25 bits per heavy atom. The Balaban J connectivity index is 1.36. The van der Waals surface area contributed by atoms with Crippen LogP contribution in [-0.2, 0) is 30.2 Å². The van der Waals surface area contributed by atoms with E-state index in [0.29, 0.717) is 11.3 Å². The maximum Gasteiger partial charge on any atom is 0.239 e. The summed E-state index contributed by atoms with van der Waals surface area (Å²) >= 11 is 0. The van der Waals surface area contributed by atoms with Gasteiger partial charge in [0.2, 0.25) is 11.2 Å². The molecule has 53 heavy (non-hydrogen) atoms. The predicted octanol–water partition coefficient (Wildman–Crippen LogP) is 0.00470. The van der Waals surface area contributed by atoms with Crippen LogP contribution in [0.2, 0.25) is 0 Å². The molecule has 0 unspecified atom stereocenters. The lowest BCUT2D eigenvalue weighted by Crippen LogP contribution is -2.64. The molecule has 3 heterocycles. The number of methoxy groups -OCH3 is 1. The van der Waals surface area contributed by atoms with Crippen molar-refractivity contribution in [3.8, 4) is 34.3 Å². The third-order valence-corrected chi connectivity index (χ3v) is 8.98. The first-order chi connectivity index (χ1) is 25.2. The number of allylic oxidation sites excluding steroid dienone is 2. The lowest BCUT2D eigenvalue weighted by atomic mass is 9.97. The normalized spacial score (nSPS) is 28.8. The van der Waals surface area contributed by atoms with Crippen molar-refractivity contribution in [1.82, 2.24) is 0 Å². The van der Waals surface area contributed by atoms with Gasteiger partial charge in [0.15, 0.2) is 24.1 Å². The van der Waals surface area contributed by atoms with Crippen LogP contribution < -0.4 is 14.9 Å². The van der Waals surface area contributed by atoms with Gasteiger partial charge in [-0.1, -0.05) is 11.6 Å². The summed E-state index contributed by atoms with van der Waals surface area (Å²) in [5.41, 5.74) is 0.608. The zero-order chi connectivity index (χ0) is 38.7. The fraction of sp³-hybridized carbons (Fsp3) is 0.500. The Morgan fingerprint density at radius 1 is 0.906 bits per heavy atom. The van der Waals surface area contributed by atoms with Crippen molar-refractivity contribution < 1.29 is 78.5 Å². The summed E-state index contributed by atoms with van der Waals surface area (Å²) in [6, 6.07) is 7.41. The SMILES string of the molecule is COc1ccc(-c2oc3c(CC=C(C)C)c(O)cc(O)c3c(=O)c2OCC(=O)CO[C@H]2[C@H](O)[C@H](O[C@H]3O[C@H](CO)[C@@H](O)[C@H](O)[C@H]3O)[C@@H](O)O[C@@H]2C)cc1. The number of aliphatic hydroxyl groups is 6. The van der Waals surface area contributed by atoms with E-state index in [1.165, 1.54) is 14.0 Å². The van der Waals surface area contributed by atoms with Crippen molar-refractivity contribution in [2.45, 2.75) is 88.6 Å². The summed E-state index contributed by atoms with van der Waals surface area (Å²) in [7, 11) is 1.48. The van der Waals surface area contributed by atoms with Crippen molar-refractivity contribution in [1.29, 1.82) is 0 Å². The first-order valence-electron chi connectivity index (χ1n) is 16.7. The van der Waals surface area contributed by atoms with E-state index >= 15 is 0 Å². The Hall–Kier alpha value is -4.14. The van der Waals surface area contributed by atoms with Gasteiger partial charge >= 0.3 is 0 Å². The molecular formula is C36H44O17. The van der Waals surface area contributed by atoms with Crippen molar-refractivity contribution in [3.05, 3.63) is 57.8 Å². The van der Waals surface area contributed by atoms with Gasteiger partial charge in [0.05, 0.1) is 19.8 Å². The topological polar surface area (TPSA) is 264 Å². The summed E-state index contributed by atoms with van der Waals surface area (Å²) in [6.45, 7) is 2.98. The summed E-state index contributed by atoms with van der Waals surface area (Å²) in [6.07, 6.45) is -13.8. The summed E-state index contributed by atoms with van der Waals surface area (Å²) in [4.78, 5) is 27.1. The number of ether oxygens (including phenoxy) is 6. The highest BCUT2D eigenvalue weighted by Gasteiger charge is 2.50. The van der Waals surface area contributed by atoms with Crippen LogP contribution in [-0.4, -0.2) is 135 Å². The summed E-state index contributed by atoms with van der Waals surface area (Å²) in [5.74, 6) is -1.61. The molecule has 0 amide bonds. The summed E-state index contributed by atoms with van der Waals surface area (Å²) in [5, 5.41) is 82.7. The van der Waals surface area contributed by atoms with E-state index in [4.69, 9.17) is 32.8 Å². The molecule has 0 bridgehead atoms. The Bertz CT molecular complexity index is 1830. The van der Waals surface area contributed by atoms with Crippen LogP contribution >= 0.6 is 0 Å². The monoisotopic (exact) mass is 748 g/mol. The fourth-order valence-electron chi connectivity index (χ4n) is 6.04. The molecule has 17 heteroatoms. The van der Waals surface area contributed by atoms with E-state index in [-0.39, 0.29) is 34.5 Å². The Morgan fingerprint density at radius 2 is 1.60 bits per heavy atom. The number of phenols is 2. The molecule has 2 aliphatic heterocycles. The molecule has 0 saturated carbocycles. The van der Waals surface area contributed by atoms with Crippen LogP contribution in [0.15, 0.2) is 51.2 Å². The molecule has 0 aliphatic carbocycles. The van der Waals surface area contributed by atoms with E-state index in [2.05, 4.69) is 0 Å². The molecular weight excluding hydrogens is 704 g/mol. The Kier molecular flexibility index (Phi) is 12.8. The highest BCUT2D eigenvalue weighted by molar-refractivity contribution is 5.91. The first kappa shape index (κ1) is 40.1. The second kappa shape index (κ2) is 16.9. The number of benzene rings is 2. The molecule has 8 N–H and O–H groups in total. The number of aromatic hydroxyl groups is 2. The standard InChI is InChI=1S/C36H44O17/c1-15(2)5-10-20-21(39)11-22(40)24-26(42)33(31(52-32(20)24)17-6-8-19(47-4)9-7-17)49-14-18(38)13-48-30-16(3)50-35(46)34(29(30)45)53-36-28(44)27(43)25(41)23(12-37)51-36/h5-9,11,16,23,25,27-30,34-37,39-41,43-46H,10,12-14H2,1-4H3/t16-,23-,25-,27+,28-,29+,30-,34+,35+,36-/m1/s1. The highest BCUT2D eigenvalue weighted by Crippen LogP contribution is 2.39. The maximum absolute atomic E-state index is 13.9. The van der Waals surface area contributed by atoms with Crippen LogP contribution in [0.25, 0.3) is 22.3 Å². The van der Waals surface area contributed by atoms with E-state index in [9.17, 15) is 50.4 Å². The average Bonchev–Trinajstić information content (AvgIpc) is 3.12. The van der Waals surface area contributed by atoms with Crippen LogP contribution in [0, 0.1) is 0 Å². The molecule has 5 rings (SSSR count). The van der Waals surface area contributed by atoms with Crippen LogP contribution in [0.4, 0.5) is 0 Å². The average molecular weight is 749 g/mol. The highest BCUT2D eigenvalue weighted by atomic mass is 16.7. The minimum atomic E-state index is -1.84. The molecule has 17 nitrogen and oxygen atoms in total. The predicted molar refractivity (Wildman–Crippen MR) is 182 cm³/mol. The number of phenolic OH excluding ortho intramolecular Hbond substituents is 2.